The maximum atomic E-state index is 3.50. The summed E-state index contributed by atoms with van der Waals surface area (Å²) in [6.45, 7) is 3.11. The fourth-order valence-corrected chi connectivity index (χ4v) is 3.93. The number of rotatable bonds is 6. The van der Waals surface area contributed by atoms with Gasteiger partial charge in [-0.2, -0.15) is 0 Å². The molecule has 0 aliphatic rings. The smallest absolute Gasteiger partial charge is 0.0494 e. The topological polar surface area (TPSA) is 12.0 Å². The fourth-order valence-electron chi connectivity index (χ4n) is 2.31. The van der Waals surface area contributed by atoms with Crippen LogP contribution >= 0.6 is 22.7 Å². The maximum absolute atomic E-state index is 3.50. The number of hydrogen-bond donors (Lipinski definition) is 1. The molecule has 0 bridgehead atoms. The van der Waals surface area contributed by atoms with Crippen molar-refractivity contribution in [3.05, 3.63) is 63.7 Å². The lowest BCUT2D eigenvalue weighted by Crippen LogP contribution is -1.97. The number of thiophene rings is 2. The molecule has 3 heteroatoms. The van der Waals surface area contributed by atoms with Gasteiger partial charge < -0.3 is 5.32 Å². The molecule has 108 valence electrons. The molecular weight excluding hydrogens is 294 g/mol. The first-order chi connectivity index (χ1) is 10.3. The quantitative estimate of drug-likeness (QED) is 0.585. The minimum absolute atomic E-state index is 0.892. The highest BCUT2D eigenvalue weighted by Gasteiger charge is 2.03. The van der Waals surface area contributed by atoms with Gasteiger partial charge >= 0.3 is 0 Å². The van der Waals surface area contributed by atoms with Gasteiger partial charge in [-0.05, 0) is 47.0 Å². The molecular formula is C18H19NS2. The highest BCUT2D eigenvalue weighted by atomic mass is 32.1. The second-order valence-corrected chi connectivity index (χ2v) is 7.02. The van der Waals surface area contributed by atoms with E-state index < -0.39 is 0 Å². The van der Waals surface area contributed by atoms with Crippen molar-refractivity contribution in [1.82, 2.24) is 0 Å². The van der Waals surface area contributed by atoms with E-state index >= 15 is 0 Å². The Labute approximate surface area is 134 Å². The normalized spacial score (nSPS) is 10.7. The third-order valence-corrected chi connectivity index (χ3v) is 5.27. The van der Waals surface area contributed by atoms with Crippen LogP contribution < -0.4 is 5.32 Å². The first kappa shape index (κ1) is 14.4. The van der Waals surface area contributed by atoms with Crippen molar-refractivity contribution in [3.8, 4) is 10.4 Å². The zero-order valence-electron chi connectivity index (χ0n) is 12.1. The highest BCUT2D eigenvalue weighted by Crippen LogP contribution is 2.29. The van der Waals surface area contributed by atoms with E-state index in [0.29, 0.717) is 0 Å². The lowest BCUT2D eigenvalue weighted by atomic mass is 10.1. The summed E-state index contributed by atoms with van der Waals surface area (Å²) in [5, 5.41) is 7.87. The third kappa shape index (κ3) is 3.74. The Morgan fingerprint density at radius 1 is 1.05 bits per heavy atom. The lowest BCUT2D eigenvalue weighted by molar-refractivity contribution is 0.922. The molecule has 0 saturated heterocycles. The molecule has 0 saturated carbocycles. The van der Waals surface area contributed by atoms with Crippen LogP contribution in [0.3, 0.4) is 0 Å². The molecule has 0 atom stereocenters. The van der Waals surface area contributed by atoms with Crippen molar-refractivity contribution in [1.29, 1.82) is 0 Å². The Morgan fingerprint density at radius 2 is 1.90 bits per heavy atom. The number of aryl methyl sites for hydroxylation is 1. The highest BCUT2D eigenvalue weighted by molar-refractivity contribution is 7.14. The zero-order chi connectivity index (χ0) is 14.5. The van der Waals surface area contributed by atoms with E-state index in [0.717, 1.165) is 13.0 Å². The minimum atomic E-state index is 0.892. The molecule has 0 radical (unpaired) electrons. The summed E-state index contributed by atoms with van der Waals surface area (Å²) in [5.41, 5.74) is 3.95. The summed E-state index contributed by atoms with van der Waals surface area (Å²) in [6, 6.07) is 15.4. The van der Waals surface area contributed by atoms with Gasteiger partial charge in [0.1, 0.15) is 0 Å². The molecule has 1 N–H and O–H groups in total. The zero-order valence-corrected chi connectivity index (χ0v) is 13.8. The molecule has 2 heterocycles. The van der Waals surface area contributed by atoms with Crippen molar-refractivity contribution in [3.63, 3.8) is 0 Å². The second-order valence-electron chi connectivity index (χ2n) is 5.08. The number of benzene rings is 1. The Balaban J connectivity index is 1.60. The van der Waals surface area contributed by atoms with Crippen LogP contribution in [0.15, 0.2) is 53.2 Å². The van der Waals surface area contributed by atoms with E-state index in [2.05, 4.69) is 65.5 Å². The summed E-state index contributed by atoms with van der Waals surface area (Å²) in [7, 11) is 0. The van der Waals surface area contributed by atoms with Gasteiger partial charge in [0.2, 0.25) is 0 Å². The predicted molar refractivity (Wildman–Crippen MR) is 95.4 cm³/mol. The predicted octanol–water partition coefficient (Wildman–Crippen LogP) is 6.04. The van der Waals surface area contributed by atoms with Crippen LogP contribution in [-0.4, -0.2) is 0 Å². The fraction of sp³-hybridized carbons (Fsp3) is 0.222. The third-order valence-electron chi connectivity index (χ3n) is 3.42. The Morgan fingerprint density at radius 3 is 2.62 bits per heavy atom. The molecule has 1 aromatic carbocycles. The summed E-state index contributed by atoms with van der Waals surface area (Å²) < 4.78 is 0. The Kier molecular flexibility index (Phi) is 4.73. The van der Waals surface area contributed by atoms with Crippen LogP contribution in [-0.2, 0) is 13.0 Å². The van der Waals surface area contributed by atoms with Gasteiger partial charge in [-0.3, -0.25) is 0 Å². The number of anilines is 1. The van der Waals surface area contributed by atoms with Gasteiger partial charge in [-0.1, -0.05) is 31.5 Å². The number of hydrogen-bond acceptors (Lipinski definition) is 3. The van der Waals surface area contributed by atoms with E-state index in [1.807, 2.05) is 11.3 Å². The molecule has 3 aromatic rings. The molecule has 0 amide bonds. The first-order valence-electron chi connectivity index (χ1n) is 7.29. The van der Waals surface area contributed by atoms with Crippen molar-refractivity contribution >= 4 is 28.4 Å². The van der Waals surface area contributed by atoms with Gasteiger partial charge in [-0.15, -0.1) is 22.7 Å². The van der Waals surface area contributed by atoms with Gasteiger partial charge in [0, 0.05) is 27.5 Å². The van der Waals surface area contributed by atoms with E-state index in [4.69, 9.17) is 0 Å². The van der Waals surface area contributed by atoms with E-state index in [1.54, 1.807) is 11.3 Å². The summed E-state index contributed by atoms with van der Waals surface area (Å²) >= 11 is 3.62. The van der Waals surface area contributed by atoms with Crippen LogP contribution in [0.5, 0.6) is 0 Å². The second kappa shape index (κ2) is 6.92. The minimum Gasteiger partial charge on any atom is -0.380 e. The van der Waals surface area contributed by atoms with Gasteiger partial charge in [0.15, 0.2) is 0 Å². The van der Waals surface area contributed by atoms with Crippen molar-refractivity contribution in [2.75, 3.05) is 5.32 Å². The summed E-state index contributed by atoms with van der Waals surface area (Å²) in [5.74, 6) is 0. The van der Waals surface area contributed by atoms with Gasteiger partial charge in [0.05, 0.1) is 0 Å². The SMILES string of the molecule is CCCc1ccc(NCc2cc(-c3cccs3)cs2)cc1. The largest absolute Gasteiger partial charge is 0.380 e. The molecule has 0 fully saturated rings. The lowest BCUT2D eigenvalue weighted by Gasteiger charge is -2.06. The van der Waals surface area contributed by atoms with Crippen molar-refractivity contribution < 1.29 is 0 Å². The van der Waals surface area contributed by atoms with Crippen LogP contribution in [0.2, 0.25) is 0 Å². The maximum Gasteiger partial charge on any atom is 0.0494 e. The monoisotopic (exact) mass is 313 g/mol. The van der Waals surface area contributed by atoms with E-state index in [1.165, 1.54) is 33.0 Å². The Bertz CT molecular complexity index is 666. The number of nitrogens with one attached hydrogen (secondary N) is 1. The van der Waals surface area contributed by atoms with Gasteiger partial charge in [0.25, 0.3) is 0 Å². The van der Waals surface area contributed by atoms with E-state index in [9.17, 15) is 0 Å². The first-order valence-corrected chi connectivity index (χ1v) is 9.05. The van der Waals surface area contributed by atoms with Crippen LogP contribution in [0.25, 0.3) is 10.4 Å². The molecule has 2 aromatic heterocycles. The average Bonchev–Trinajstić information content (AvgIpc) is 3.18. The van der Waals surface area contributed by atoms with Crippen molar-refractivity contribution in [2.45, 2.75) is 26.3 Å². The van der Waals surface area contributed by atoms with Crippen LogP contribution in [0.4, 0.5) is 5.69 Å². The van der Waals surface area contributed by atoms with Gasteiger partial charge in [-0.25, -0.2) is 0 Å². The molecule has 21 heavy (non-hydrogen) atoms. The Hall–Kier alpha value is -1.58. The standard InChI is InChI=1S/C18H19NS2/c1-2-4-14-6-8-16(9-7-14)19-12-17-11-15(13-21-17)18-5-3-10-20-18/h3,5-11,13,19H,2,4,12H2,1H3. The summed E-state index contributed by atoms with van der Waals surface area (Å²) in [4.78, 5) is 2.72. The molecule has 1 nitrogen and oxygen atoms in total. The van der Waals surface area contributed by atoms with Crippen LogP contribution in [0.1, 0.15) is 23.8 Å². The van der Waals surface area contributed by atoms with E-state index in [-0.39, 0.29) is 0 Å². The molecule has 0 aliphatic heterocycles. The van der Waals surface area contributed by atoms with Crippen LogP contribution in [0, 0.1) is 0 Å². The molecule has 3 rings (SSSR count). The molecule has 0 spiro atoms. The summed E-state index contributed by atoms with van der Waals surface area (Å²) in [6.07, 6.45) is 2.36. The average molecular weight is 313 g/mol. The molecule has 0 aliphatic carbocycles. The molecule has 0 unspecified atom stereocenters. The van der Waals surface area contributed by atoms with Crippen molar-refractivity contribution in [2.24, 2.45) is 0 Å².